The van der Waals surface area contributed by atoms with E-state index in [9.17, 15) is 4.79 Å². The van der Waals surface area contributed by atoms with Crippen molar-refractivity contribution < 1.29 is 4.79 Å². The normalized spacial score (nSPS) is 12.6. The van der Waals surface area contributed by atoms with Gasteiger partial charge in [-0.2, -0.15) is 5.10 Å². The van der Waals surface area contributed by atoms with Crippen molar-refractivity contribution in [1.82, 2.24) is 20.4 Å². The zero-order valence-electron chi connectivity index (χ0n) is 11.6. The Hall–Kier alpha value is -1.88. The Morgan fingerprint density at radius 3 is 2.89 bits per heavy atom. The van der Waals surface area contributed by atoms with Crippen molar-refractivity contribution in [3.05, 3.63) is 30.0 Å². The first-order valence-electron chi connectivity index (χ1n) is 6.55. The molecule has 0 aliphatic rings. The smallest absolute Gasteiger partial charge is 0.236 e. The maximum Gasteiger partial charge on any atom is 0.236 e. The number of para-hydroxylation sites is 1. The van der Waals surface area contributed by atoms with E-state index >= 15 is 0 Å². The van der Waals surface area contributed by atoms with Crippen LogP contribution in [-0.2, 0) is 18.4 Å². The van der Waals surface area contributed by atoms with E-state index in [1.54, 1.807) is 0 Å². The van der Waals surface area contributed by atoms with Gasteiger partial charge in [-0.15, -0.1) is 0 Å². The summed E-state index contributed by atoms with van der Waals surface area (Å²) in [6.45, 7) is 5.00. The molecule has 2 rings (SSSR count). The van der Waals surface area contributed by atoms with Gasteiger partial charge in [0.05, 0.1) is 17.3 Å². The number of hydrogen-bond acceptors (Lipinski definition) is 3. The van der Waals surface area contributed by atoms with Gasteiger partial charge < -0.3 is 10.6 Å². The summed E-state index contributed by atoms with van der Waals surface area (Å²) >= 11 is 0. The topological polar surface area (TPSA) is 59.0 Å². The average molecular weight is 260 g/mol. The molecule has 5 heteroatoms. The summed E-state index contributed by atoms with van der Waals surface area (Å²) in [4.78, 5) is 11.6. The van der Waals surface area contributed by atoms with Crippen molar-refractivity contribution in [1.29, 1.82) is 0 Å². The summed E-state index contributed by atoms with van der Waals surface area (Å²) in [5.74, 6) is 0.0164. The fourth-order valence-corrected chi connectivity index (χ4v) is 2.09. The third kappa shape index (κ3) is 2.93. The number of rotatable bonds is 5. The lowest BCUT2D eigenvalue weighted by atomic mass is 10.2. The Morgan fingerprint density at radius 1 is 1.42 bits per heavy atom. The third-order valence-electron chi connectivity index (χ3n) is 3.15. The van der Waals surface area contributed by atoms with Gasteiger partial charge in [-0.3, -0.25) is 9.48 Å². The molecule has 0 saturated heterocycles. The van der Waals surface area contributed by atoms with E-state index < -0.39 is 0 Å². The van der Waals surface area contributed by atoms with Crippen LogP contribution >= 0.6 is 0 Å². The average Bonchev–Trinajstić information content (AvgIpc) is 2.74. The summed E-state index contributed by atoms with van der Waals surface area (Å²) in [5.41, 5.74) is 2.07. The molecular formula is C14H20N4O. The largest absolute Gasteiger partial charge is 0.355 e. The summed E-state index contributed by atoms with van der Waals surface area (Å²) in [5, 5.41) is 11.6. The highest BCUT2D eigenvalue weighted by molar-refractivity contribution is 5.82. The Balaban J connectivity index is 2.08. The maximum atomic E-state index is 11.6. The molecule has 0 radical (unpaired) electrons. The zero-order valence-corrected chi connectivity index (χ0v) is 11.6. The minimum atomic E-state index is -0.222. The van der Waals surface area contributed by atoms with E-state index in [2.05, 4.69) is 21.8 Å². The van der Waals surface area contributed by atoms with Crippen molar-refractivity contribution in [2.45, 2.75) is 26.4 Å². The molecule has 1 atom stereocenters. The number of carbonyl (C=O) groups is 1. The van der Waals surface area contributed by atoms with E-state index in [-0.39, 0.29) is 11.9 Å². The van der Waals surface area contributed by atoms with Gasteiger partial charge in [0.15, 0.2) is 0 Å². The molecule has 2 aromatic rings. The molecule has 0 saturated carbocycles. The second kappa shape index (κ2) is 5.84. The molecule has 0 bridgehead atoms. The number of hydrogen-bond donors (Lipinski definition) is 2. The van der Waals surface area contributed by atoms with E-state index in [0.29, 0.717) is 13.1 Å². The van der Waals surface area contributed by atoms with Gasteiger partial charge in [0.25, 0.3) is 0 Å². The van der Waals surface area contributed by atoms with Gasteiger partial charge in [0, 0.05) is 25.5 Å². The molecule has 19 heavy (non-hydrogen) atoms. The Bertz CT molecular complexity index is 576. The van der Waals surface area contributed by atoms with Crippen LogP contribution in [0.1, 0.15) is 19.5 Å². The Kier molecular flexibility index (Phi) is 4.16. The number of carbonyl (C=O) groups excluding carboxylic acids is 1. The minimum absolute atomic E-state index is 0.0164. The lowest BCUT2D eigenvalue weighted by Gasteiger charge is -2.12. The quantitative estimate of drug-likeness (QED) is 0.849. The monoisotopic (exact) mass is 260 g/mol. The SMILES string of the molecule is CCNC(=O)C(C)NCc1nn(C)c2ccccc12. The van der Waals surface area contributed by atoms with Crippen molar-refractivity contribution in [3.8, 4) is 0 Å². The van der Waals surface area contributed by atoms with E-state index in [4.69, 9.17) is 0 Å². The van der Waals surface area contributed by atoms with Crippen LogP contribution < -0.4 is 10.6 Å². The number of fused-ring (bicyclic) bond motifs is 1. The standard InChI is InChI=1S/C14H20N4O/c1-4-15-14(19)10(2)16-9-12-11-7-5-6-8-13(11)18(3)17-12/h5-8,10,16H,4,9H2,1-3H3,(H,15,19). The Morgan fingerprint density at radius 2 is 2.16 bits per heavy atom. The summed E-state index contributed by atoms with van der Waals surface area (Å²) in [6.07, 6.45) is 0. The van der Waals surface area contributed by atoms with Gasteiger partial charge in [-0.1, -0.05) is 18.2 Å². The molecular weight excluding hydrogens is 240 g/mol. The highest BCUT2D eigenvalue weighted by Gasteiger charge is 2.13. The highest BCUT2D eigenvalue weighted by Crippen LogP contribution is 2.17. The van der Waals surface area contributed by atoms with Crippen LogP contribution in [0.2, 0.25) is 0 Å². The Labute approximate surface area is 113 Å². The number of benzene rings is 1. The molecule has 1 heterocycles. The van der Waals surface area contributed by atoms with Crippen LogP contribution in [0.25, 0.3) is 10.9 Å². The molecule has 102 valence electrons. The van der Waals surface area contributed by atoms with Gasteiger partial charge in [0.1, 0.15) is 0 Å². The van der Waals surface area contributed by atoms with E-state index in [1.807, 2.05) is 43.8 Å². The number of likely N-dealkylation sites (N-methyl/N-ethyl adjacent to an activating group) is 1. The van der Waals surface area contributed by atoms with E-state index in [1.165, 1.54) is 0 Å². The number of aryl methyl sites for hydroxylation is 1. The maximum absolute atomic E-state index is 11.6. The van der Waals surface area contributed by atoms with Crippen LogP contribution in [-0.4, -0.2) is 28.3 Å². The number of aromatic nitrogens is 2. The second-order valence-electron chi connectivity index (χ2n) is 4.58. The first-order valence-corrected chi connectivity index (χ1v) is 6.55. The van der Waals surface area contributed by atoms with Gasteiger partial charge >= 0.3 is 0 Å². The molecule has 0 spiro atoms. The predicted molar refractivity (Wildman–Crippen MR) is 75.7 cm³/mol. The second-order valence-corrected chi connectivity index (χ2v) is 4.58. The molecule has 2 N–H and O–H groups in total. The van der Waals surface area contributed by atoms with Crippen LogP contribution in [0, 0.1) is 0 Å². The van der Waals surface area contributed by atoms with Gasteiger partial charge in [-0.05, 0) is 19.9 Å². The van der Waals surface area contributed by atoms with E-state index in [0.717, 1.165) is 16.6 Å². The molecule has 1 aromatic heterocycles. The summed E-state index contributed by atoms with van der Waals surface area (Å²) < 4.78 is 1.86. The third-order valence-corrected chi connectivity index (χ3v) is 3.15. The molecule has 1 unspecified atom stereocenters. The highest BCUT2D eigenvalue weighted by atomic mass is 16.2. The van der Waals surface area contributed by atoms with Gasteiger partial charge in [-0.25, -0.2) is 0 Å². The van der Waals surface area contributed by atoms with Crippen molar-refractivity contribution in [3.63, 3.8) is 0 Å². The lowest BCUT2D eigenvalue weighted by Crippen LogP contribution is -2.41. The van der Waals surface area contributed by atoms with Crippen molar-refractivity contribution >= 4 is 16.8 Å². The minimum Gasteiger partial charge on any atom is -0.355 e. The summed E-state index contributed by atoms with van der Waals surface area (Å²) in [7, 11) is 1.93. The predicted octanol–water partition coefficient (Wildman–Crippen LogP) is 1.19. The molecule has 1 aromatic carbocycles. The van der Waals surface area contributed by atoms with Crippen LogP contribution in [0.15, 0.2) is 24.3 Å². The van der Waals surface area contributed by atoms with Crippen LogP contribution in [0.3, 0.4) is 0 Å². The lowest BCUT2D eigenvalue weighted by molar-refractivity contribution is -0.122. The first-order chi connectivity index (χ1) is 9.13. The van der Waals surface area contributed by atoms with Gasteiger partial charge in [0.2, 0.25) is 5.91 Å². The molecule has 0 aliphatic carbocycles. The number of nitrogens with zero attached hydrogens (tertiary/aromatic N) is 2. The molecule has 1 amide bonds. The molecule has 0 fully saturated rings. The molecule has 5 nitrogen and oxygen atoms in total. The first kappa shape index (κ1) is 13.5. The number of amides is 1. The van der Waals surface area contributed by atoms with Crippen LogP contribution in [0.4, 0.5) is 0 Å². The van der Waals surface area contributed by atoms with Crippen LogP contribution in [0.5, 0.6) is 0 Å². The molecule has 0 aliphatic heterocycles. The van der Waals surface area contributed by atoms with Crippen molar-refractivity contribution in [2.75, 3.05) is 6.54 Å². The fraction of sp³-hybridized carbons (Fsp3) is 0.429. The summed E-state index contributed by atoms with van der Waals surface area (Å²) in [6, 6.07) is 7.87. The fourth-order valence-electron chi connectivity index (χ4n) is 2.09. The van der Waals surface area contributed by atoms with Crippen molar-refractivity contribution in [2.24, 2.45) is 7.05 Å². The number of nitrogens with one attached hydrogen (secondary N) is 2. The zero-order chi connectivity index (χ0) is 13.8.